The van der Waals surface area contributed by atoms with Crippen LogP contribution in [0.1, 0.15) is 51.9 Å². The molecule has 0 spiro atoms. The van der Waals surface area contributed by atoms with Crippen LogP contribution in [0.3, 0.4) is 0 Å². The topological polar surface area (TPSA) is 0 Å². The van der Waals surface area contributed by atoms with E-state index in [1.54, 1.807) is 0 Å². The molecule has 0 fully saturated rings. The molecule has 0 aromatic heterocycles. The summed E-state index contributed by atoms with van der Waals surface area (Å²) in [5.41, 5.74) is 0. The van der Waals surface area contributed by atoms with Crippen LogP contribution >= 0.6 is 0 Å². The summed E-state index contributed by atoms with van der Waals surface area (Å²) in [4.78, 5) is 0. The smallest absolute Gasteiger partial charge is 1.00 e. The van der Waals surface area contributed by atoms with Crippen LogP contribution in [-0.4, -0.2) is 23.1 Å². The van der Waals surface area contributed by atoms with Crippen molar-refractivity contribution in [3.8, 4) is 0 Å². The Morgan fingerprint density at radius 2 is 1.62 bits per heavy atom. The summed E-state index contributed by atoms with van der Waals surface area (Å²) < 4.78 is 0. The van der Waals surface area contributed by atoms with Crippen LogP contribution in [0, 0.1) is 6.92 Å². The first-order valence-electron chi connectivity index (χ1n) is 4.86. The second-order valence-electron chi connectivity index (χ2n) is 2.94. The van der Waals surface area contributed by atoms with Gasteiger partial charge in [-0.25, -0.2) is 0 Å². The summed E-state index contributed by atoms with van der Waals surface area (Å²) in [5.74, 6) is 0. The molecule has 0 radical (unpaired) electrons. The molecule has 0 heterocycles. The zero-order valence-electron chi connectivity index (χ0n) is 8.90. The summed E-state index contributed by atoms with van der Waals surface area (Å²) in [7, 11) is 0. The predicted molar refractivity (Wildman–Crippen MR) is 58.2 cm³/mol. The Balaban J connectivity index is -0.000000500. The fourth-order valence-electron chi connectivity index (χ4n) is 1.08. The maximum absolute atomic E-state index is 3.82. The number of hydrogen-bond acceptors (Lipinski definition) is 0. The molecule has 0 aliphatic rings. The Morgan fingerprint density at radius 3 is 2.15 bits per heavy atom. The minimum atomic E-state index is 0. The van der Waals surface area contributed by atoms with E-state index < -0.39 is 0 Å². The van der Waals surface area contributed by atoms with Gasteiger partial charge in [-0.2, -0.15) is 6.42 Å². The van der Waals surface area contributed by atoms with Gasteiger partial charge in [0.2, 0.25) is 0 Å². The van der Waals surface area contributed by atoms with E-state index in [1.165, 1.54) is 38.5 Å². The Bertz CT molecular complexity index is 92.1. The van der Waals surface area contributed by atoms with Crippen molar-refractivity contribution in [1.29, 1.82) is 0 Å². The van der Waals surface area contributed by atoms with Gasteiger partial charge in [0.25, 0.3) is 0 Å². The first-order chi connectivity index (χ1) is 5.41. The molecule has 74 valence electrons. The fraction of sp³-hybridized carbons (Fsp3) is 0.727. The zero-order valence-corrected chi connectivity index (χ0v) is 11.1. The Hall–Kier alpha value is 0.796. The number of unbranched alkanes of at least 4 members (excludes halogenated alkanes) is 5. The van der Waals surface area contributed by atoms with E-state index in [9.17, 15) is 0 Å². The van der Waals surface area contributed by atoms with Crippen LogP contribution in [0.4, 0.5) is 0 Å². The van der Waals surface area contributed by atoms with Crippen molar-refractivity contribution in [2.24, 2.45) is 0 Å². The van der Waals surface area contributed by atoms with Crippen molar-refractivity contribution in [2.75, 3.05) is 0 Å². The molecule has 0 aromatic rings. The second kappa shape index (κ2) is 18.6. The molecule has 0 aromatic carbocycles. The van der Waals surface area contributed by atoms with E-state index in [0.29, 0.717) is 0 Å². The third-order valence-corrected chi connectivity index (χ3v) is 1.77. The quantitative estimate of drug-likeness (QED) is 0.253. The average molecular weight is 213 g/mol. The Kier molecular flexibility index (Phi) is 27.7. The molecule has 0 rings (SSSR count). The van der Waals surface area contributed by atoms with Gasteiger partial charge in [0.15, 0.2) is 0 Å². The molecule has 0 bridgehead atoms. The molecule has 2 heteroatoms. The third kappa shape index (κ3) is 19.3. The van der Waals surface area contributed by atoms with Crippen molar-refractivity contribution in [1.82, 2.24) is 0 Å². The van der Waals surface area contributed by atoms with Gasteiger partial charge < -0.3 is 19.3 Å². The van der Waals surface area contributed by atoms with Gasteiger partial charge in [-0.3, -0.25) is 0 Å². The van der Waals surface area contributed by atoms with Crippen LogP contribution in [0.25, 0.3) is 0 Å². The average Bonchev–Trinajstić information content (AvgIpc) is 2.03. The molecule has 0 N–H and O–H groups in total. The maximum Gasteiger partial charge on any atom is 2.00 e. The summed E-state index contributed by atoms with van der Waals surface area (Å²) >= 11 is 0. The number of allylic oxidation sites excluding steroid dienone is 2. The first-order valence-corrected chi connectivity index (χ1v) is 4.86. The van der Waals surface area contributed by atoms with Crippen molar-refractivity contribution >= 4 is 23.1 Å². The molecule has 0 saturated heterocycles. The van der Waals surface area contributed by atoms with Gasteiger partial charge >= 0.3 is 23.1 Å². The Morgan fingerprint density at radius 1 is 1.00 bits per heavy atom. The largest absolute Gasteiger partial charge is 2.00 e. The van der Waals surface area contributed by atoms with Crippen molar-refractivity contribution < 1.29 is 12.4 Å². The second-order valence-corrected chi connectivity index (χ2v) is 2.94. The van der Waals surface area contributed by atoms with E-state index in [2.05, 4.69) is 26.0 Å². The summed E-state index contributed by atoms with van der Waals surface area (Å²) in [6, 6.07) is 0. The van der Waals surface area contributed by atoms with E-state index in [1.807, 2.05) is 0 Å². The molecular formula is C11H21ClMg. The summed E-state index contributed by atoms with van der Waals surface area (Å²) in [6.45, 7) is 6.00. The molecule has 13 heavy (non-hydrogen) atoms. The molecule has 0 amide bonds. The normalized spacial score (nSPS) is 9.38. The number of halogens is 1. The van der Waals surface area contributed by atoms with Gasteiger partial charge in [-0.15, -0.1) is 0 Å². The summed E-state index contributed by atoms with van der Waals surface area (Å²) in [6.07, 6.45) is 13.5. The van der Waals surface area contributed by atoms with Gasteiger partial charge in [0, 0.05) is 0 Å². The van der Waals surface area contributed by atoms with Crippen LogP contribution in [0.5, 0.6) is 0 Å². The molecule has 0 unspecified atom stereocenters. The van der Waals surface area contributed by atoms with Gasteiger partial charge in [0.1, 0.15) is 0 Å². The zero-order chi connectivity index (χ0) is 8.36. The minimum absolute atomic E-state index is 0. The van der Waals surface area contributed by atoms with E-state index in [4.69, 9.17) is 0 Å². The SMILES string of the molecule is [CH2-]CCCCCC/C=C\CC.[Cl-].[Mg+2]. The van der Waals surface area contributed by atoms with Crippen LogP contribution in [0.2, 0.25) is 0 Å². The summed E-state index contributed by atoms with van der Waals surface area (Å²) in [5, 5.41) is 0. The molecule has 0 nitrogen and oxygen atoms in total. The van der Waals surface area contributed by atoms with Gasteiger partial charge in [-0.05, 0) is 19.3 Å². The van der Waals surface area contributed by atoms with Crippen molar-refractivity contribution in [3.05, 3.63) is 19.1 Å². The van der Waals surface area contributed by atoms with Crippen LogP contribution in [0.15, 0.2) is 12.2 Å². The van der Waals surface area contributed by atoms with Crippen molar-refractivity contribution in [2.45, 2.75) is 51.9 Å². The monoisotopic (exact) mass is 212 g/mol. The minimum Gasteiger partial charge on any atom is -1.00 e. The standard InChI is InChI=1S/C11H21.ClH.Mg/c1-3-5-7-9-11-10-8-6-4-2;;/h6,8H,1,3-5,7,9-11H2,2H3;1H;/q-1;;+2/p-1/b8-6-;;. The Labute approximate surface area is 106 Å². The maximum atomic E-state index is 3.82. The first kappa shape index (κ1) is 19.4. The van der Waals surface area contributed by atoms with Gasteiger partial charge in [0.05, 0.1) is 0 Å². The fourth-order valence-corrected chi connectivity index (χ4v) is 1.08. The van der Waals surface area contributed by atoms with Gasteiger partial charge in [-0.1, -0.05) is 38.3 Å². The van der Waals surface area contributed by atoms with E-state index in [0.717, 1.165) is 6.42 Å². The molecular weight excluding hydrogens is 192 g/mol. The van der Waals surface area contributed by atoms with E-state index >= 15 is 0 Å². The number of hydrogen-bond donors (Lipinski definition) is 0. The van der Waals surface area contributed by atoms with Crippen molar-refractivity contribution in [3.63, 3.8) is 0 Å². The molecule has 0 aliphatic carbocycles. The molecule has 0 atom stereocenters. The van der Waals surface area contributed by atoms with Crippen LogP contribution in [-0.2, 0) is 0 Å². The number of rotatable bonds is 7. The van der Waals surface area contributed by atoms with Crippen LogP contribution < -0.4 is 12.4 Å². The third-order valence-electron chi connectivity index (χ3n) is 1.77. The molecule has 0 saturated carbocycles. The van der Waals surface area contributed by atoms with E-state index in [-0.39, 0.29) is 35.5 Å². The molecule has 0 aliphatic heterocycles. The predicted octanol–water partition coefficient (Wildman–Crippen LogP) is 0.750.